The van der Waals surface area contributed by atoms with Gasteiger partial charge in [0.25, 0.3) is 0 Å². The molecule has 0 fully saturated rings. The van der Waals surface area contributed by atoms with Crippen LogP contribution in [0.2, 0.25) is 0 Å². The second-order valence-electron chi connectivity index (χ2n) is 2.21. The highest BCUT2D eigenvalue weighted by Gasteiger charge is 2.24. The van der Waals surface area contributed by atoms with Gasteiger partial charge in [-0.1, -0.05) is 0 Å². The SMILES string of the molecule is Cn1nccc1N(C(=O)O)C(=O)O. The number of hydrogen-bond acceptors (Lipinski definition) is 3. The average Bonchev–Trinajstić information content (AvgIpc) is 2.35. The molecule has 1 aromatic rings. The normalized spacial score (nSPS) is 9.62. The van der Waals surface area contributed by atoms with Gasteiger partial charge in [-0.2, -0.15) is 10.00 Å². The van der Waals surface area contributed by atoms with Gasteiger partial charge in [0.2, 0.25) is 0 Å². The third-order valence-electron chi connectivity index (χ3n) is 1.41. The summed E-state index contributed by atoms with van der Waals surface area (Å²) in [6.07, 6.45) is -1.80. The summed E-state index contributed by atoms with van der Waals surface area (Å²) in [4.78, 5) is 21.2. The van der Waals surface area contributed by atoms with Crippen LogP contribution in [0.15, 0.2) is 12.3 Å². The molecule has 7 heteroatoms. The summed E-state index contributed by atoms with van der Waals surface area (Å²) in [6.45, 7) is 0. The molecule has 13 heavy (non-hydrogen) atoms. The first kappa shape index (κ1) is 9.04. The van der Waals surface area contributed by atoms with Gasteiger partial charge in [-0.25, -0.2) is 9.59 Å². The van der Waals surface area contributed by atoms with E-state index in [0.717, 1.165) is 4.68 Å². The van der Waals surface area contributed by atoms with E-state index < -0.39 is 12.2 Å². The number of amides is 2. The van der Waals surface area contributed by atoms with Crippen LogP contribution in [-0.4, -0.2) is 32.2 Å². The largest absolute Gasteiger partial charge is 0.464 e. The summed E-state index contributed by atoms with van der Waals surface area (Å²) in [5.41, 5.74) is 0. The van der Waals surface area contributed by atoms with Crippen molar-refractivity contribution in [3.63, 3.8) is 0 Å². The fourth-order valence-electron chi connectivity index (χ4n) is 0.864. The van der Waals surface area contributed by atoms with Gasteiger partial charge in [0.15, 0.2) is 0 Å². The molecule has 0 saturated heterocycles. The number of rotatable bonds is 1. The van der Waals surface area contributed by atoms with E-state index in [0.29, 0.717) is 0 Å². The smallest absolute Gasteiger partial charge is 0.422 e. The molecule has 0 radical (unpaired) electrons. The van der Waals surface area contributed by atoms with Gasteiger partial charge >= 0.3 is 12.2 Å². The Kier molecular flexibility index (Phi) is 2.18. The van der Waals surface area contributed by atoms with Crippen molar-refractivity contribution in [2.75, 3.05) is 4.90 Å². The molecule has 0 aliphatic carbocycles. The molecule has 2 amide bonds. The lowest BCUT2D eigenvalue weighted by Gasteiger charge is -2.12. The predicted octanol–water partition coefficient (Wildman–Crippen LogP) is 0.582. The lowest BCUT2D eigenvalue weighted by atomic mass is 10.5. The second kappa shape index (κ2) is 3.13. The number of aryl methyl sites for hydroxylation is 1. The zero-order valence-corrected chi connectivity index (χ0v) is 6.71. The number of anilines is 1. The Labute approximate surface area is 72.8 Å². The van der Waals surface area contributed by atoms with Crippen molar-refractivity contribution in [2.24, 2.45) is 7.05 Å². The van der Waals surface area contributed by atoms with Crippen LogP contribution in [0.3, 0.4) is 0 Å². The summed E-state index contributed by atoms with van der Waals surface area (Å²) < 4.78 is 1.15. The molecule has 0 unspecified atom stereocenters. The van der Waals surface area contributed by atoms with Crippen LogP contribution in [0.5, 0.6) is 0 Å². The maximum Gasteiger partial charge on any atom is 0.422 e. The second-order valence-corrected chi connectivity index (χ2v) is 2.21. The van der Waals surface area contributed by atoms with Gasteiger partial charge in [0.05, 0.1) is 6.20 Å². The summed E-state index contributed by atoms with van der Waals surface area (Å²) in [5.74, 6) is -0.0139. The third kappa shape index (κ3) is 1.58. The molecule has 0 atom stereocenters. The summed E-state index contributed by atoms with van der Waals surface area (Å²) >= 11 is 0. The van der Waals surface area contributed by atoms with E-state index in [4.69, 9.17) is 10.2 Å². The van der Waals surface area contributed by atoms with Gasteiger partial charge in [0, 0.05) is 13.1 Å². The standard InChI is InChI=1S/C6H7N3O4/c1-8-4(2-3-7-8)9(5(10)11)6(12)13/h2-3H,1H3,(H,10,11)(H,12,13). The summed E-state index contributed by atoms with van der Waals surface area (Å²) in [5, 5.41) is 20.7. The molecule has 70 valence electrons. The number of carboxylic acid groups (broad SMARTS) is 2. The molecule has 7 nitrogen and oxygen atoms in total. The zero-order valence-electron chi connectivity index (χ0n) is 6.71. The van der Waals surface area contributed by atoms with E-state index in [1.165, 1.54) is 19.3 Å². The number of imide groups is 1. The first-order chi connectivity index (χ1) is 6.04. The molecule has 0 bridgehead atoms. The molecule has 0 spiro atoms. The maximum absolute atomic E-state index is 10.5. The summed E-state index contributed by atoms with van der Waals surface area (Å²) in [6, 6.07) is 1.29. The van der Waals surface area contributed by atoms with Crippen LogP contribution in [0.1, 0.15) is 0 Å². The van der Waals surface area contributed by atoms with Crippen LogP contribution >= 0.6 is 0 Å². The molecular formula is C6H7N3O4. The molecule has 1 heterocycles. The lowest BCUT2D eigenvalue weighted by molar-refractivity contribution is 0.183. The Bertz CT molecular complexity index is 331. The van der Waals surface area contributed by atoms with Crippen LogP contribution in [-0.2, 0) is 7.05 Å². The van der Waals surface area contributed by atoms with E-state index in [9.17, 15) is 9.59 Å². The first-order valence-electron chi connectivity index (χ1n) is 3.28. The average molecular weight is 185 g/mol. The van der Waals surface area contributed by atoms with Crippen molar-refractivity contribution in [2.45, 2.75) is 0 Å². The molecular weight excluding hydrogens is 178 g/mol. The third-order valence-corrected chi connectivity index (χ3v) is 1.41. The molecule has 0 saturated carbocycles. The monoisotopic (exact) mass is 185 g/mol. The zero-order chi connectivity index (χ0) is 10.0. The van der Waals surface area contributed by atoms with Crippen molar-refractivity contribution < 1.29 is 19.8 Å². The fourth-order valence-corrected chi connectivity index (χ4v) is 0.864. The van der Waals surface area contributed by atoms with Crippen molar-refractivity contribution in [1.29, 1.82) is 0 Å². The first-order valence-corrected chi connectivity index (χ1v) is 3.28. The fraction of sp³-hybridized carbons (Fsp3) is 0.167. The van der Waals surface area contributed by atoms with Crippen molar-refractivity contribution in [3.8, 4) is 0 Å². The minimum Gasteiger partial charge on any atom is -0.464 e. The van der Waals surface area contributed by atoms with E-state index in [1.807, 2.05) is 0 Å². The minimum absolute atomic E-state index is 0.0139. The number of hydrogen-bond donors (Lipinski definition) is 2. The van der Waals surface area contributed by atoms with Gasteiger partial charge in [0.1, 0.15) is 5.82 Å². The minimum atomic E-state index is -1.56. The number of carbonyl (C=O) groups is 2. The van der Waals surface area contributed by atoms with Crippen LogP contribution < -0.4 is 4.90 Å². The highest BCUT2D eigenvalue weighted by Crippen LogP contribution is 2.11. The van der Waals surface area contributed by atoms with E-state index >= 15 is 0 Å². The van der Waals surface area contributed by atoms with Gasteiger partial charge in [-0.05, 0) is 0 Å². The number of aromatic nitrogens is 2. The lowest BCUT2D eigenvalue weighted by Crippen LogP contribution is -2.35. The molecule has 1 aromatic heterocycles. The molecule has 0 aromatic carbocycles. The Morgan fingerprint density at radius 3 is 2.31 bits per heavy atom. The van der Waals surface area contributed by atoms with Gasteiger partial charge in [-0.3, -0.25) is 4.68 Å². The Morgan fingerprint density at radius 2 is 2.00 bits per heavy atom. The van der Waals surface area contributed by atoms with E-state index in [1.54, 1.807) is 0 Å². The van der Waals surface area contributed by atoms with Crippen LogP contribution in [0, 0.1) is 0 Å². The topological polar surface area (TPSA) is 95.7 Å². The molecule has 2 N–H and O–H groups in total. The Balaban J connectivity index is 3.09. The van der Waals surface area contributed by atoms with E-state index in [-0.39, 0.29) is 10.7 Å². The number of nitrogens with zero attached hydrogens (tertiary/aromatic N) is 3. The Morgan fingerprint density at radius 1 is 1.46 bits per heavy atom. The van der Waals surface area contributed by atoms with Crippen molar-refractivity contribution in [3.05, 3.63) is 12.3 Å². The predicted molar refractivity (Wildman–Crippen MR) is 41.7 cm³/mol. The van der Waals surface area contributed by atoms with Gasteiger partial charge < -0.3 is 10.2 Å². The highest BCUT2D eigenvalue weighted by atomic mass is 16.4. The molecule has 0 aliphatic rings. The van der Waals surface area contributed by atoms with Crippen molar-refractivity contribution >= 4 is 18.0 Å². The molecule has 0 aliphatic heterocycles. The van der Waals surface area contributed by atoms with E-state index in [2.05, 4.69) is 5.10 Å². The van der Waals surface area contributed by atoms with Crippen molar-refractivity contribution in [1.82, 2.24) is 9.78 Å². The van der Waals surface area contributed by atoms with Crippen LogP contribution in [0.25, 0.3) is 0 Å². The highest BCUT2D eigenvalue weighted by molar-refractivity contribution is 6.06. The Hall–Kier alpha value is -2.05. The van der Waals surface area contributed by atoms with Crippen LogP contribution in [0.4, 0.5) is 15.4 Å². The maximum atomic E-state index is 10.5. The molecule has 1 rings (SSSR count). The quantitative estimate of drug-likeness (QED) is 0.667. The van der Waals surface area contributed by atoms with Gasteiger partial charge in [-0.15, -0.1) is 0 Å². The summed E-state index contributed by atoms with van der Waals surface area (Å²) in [7, 11) is 1.45.